The minimum atomic E-state index is -2.25. The normalized spacial score (nSPS) is 15.5. The van der Waals surface area contributed by atoms with E-state index in [4.69, 9.17) is 39.8 Å². The van der Waals surface area contributed by atoms with Gasteiger partial charge < -0.3 is 155 Å². The molecular formula is C87H125N23O30. The van der Waals surface area contributed by atoms with E-state index < -0.39 is 341 Å². The van der Waals surface area contributed by atoms with E-state index in [-0.39, 0.29) is 69.3 Å². The van der Waals surface area contributed by atoms with Crippen molar-refractivity contribution in [2.24, 2.45) is 46.2 Å². The third-order valence-corrected chi connectivity index (χ3v) is 21.9. The quantitative estimate of drug-likeness (QED) is 0.0142. The van der Waals surface area contributed by atoms with Crippen LogP contribution in [0.5, 0.6) is 5.75 Å². The van der Waals surface area contributed by atoms with Gasteiger partial charge in [0.1, 0.15) is 96.4 Å². The highest BCUT2D eigenvalue weighted by Crippen LogP contribution is 2.23. The summed E-state index contributed by atoms with van der Waals surface area (Å²) in [4.78, 5) is 312. The van der Waals surface area contributed by atoms with E-state index in [1.54, 1.807) is 67.6 Å². The Morgan fingerprint density at radius 1 is 0.386 bits per heavy atom. The van der Waals surface area contributed by atoms with Gasteiger partial charge in [0.15, 0.2) is 5.96 Å². The number of likely N-dealkylation sites (tertiary alicyclic amines) is 1. The number of hydrogen-bond donors (Lipinski definition) is 29. The summed E-state index contributed by atoms with van der Waals surface area (Å²) in [6.07, 6.45) is -9.98. The molecule has 3 aromatic carbocycles. The van der Waals surface area contributed by atoms with Crippen molar-refractivity contribution in [3.05, 3.63) is 102 Å². The van der Waals surface area contributed by atoms with Gasteiger partial charge in [0, 0.05) is 58.0 Å². The summed E-state index contributed by atoms with van der Waals surface area (Å²) in [6.45, 7) is 3.34. The van der Waals surface area contributed by atoms with E-state index >= 15 is 9.59 Å². The largest absolute Gasteiger partial charge is 0.508 e. The lowest BCUT2D eigenvalue weighted by Crippen LogP contribution is -2.62. The van der Waals surface area contributed by atoms with Gasteiger partial charge in [-0.2, -0.15) is 0 Å². The van der Waals surface area contributed by atoms with Crippen molar-refractivity contribution in [2.75, 3.05) is 26.3 Å². The predicted molar refractivity (Wildman–Crippen MR) is 488 cm³/mol. The van der Waals surface area contributed by atoms with Crippen molar-refractivity contribution in [3.63, 3.8) is 0 Å². The van der Waals surface area contributed by atoms with Gasteiger partial charge in [-0.25, -0.2) is 4.79 Å². The number of guanidine groups is 1. The highest BCUT2D eigenvalue weighted by Gasteiger charge is 2.44. The number of aliphatic carboxylic acids is 4. The van der Waals surface area contributed by atoms with Gasteiger partial charge in [-0.1, -0.05) is 107 Å². The Morgan fingerprint density at radius 3 is 1.14 bits per heavy atom. The summed E-state index contributed by atoms with van der Waals surface area (Å²) < 4.78 is 0. The molecule has 17 atom stereocenters. The van der Waals surface area contributed by atoms with Gasteiger partial charge in [0.25, 0.3) is 0 Å². The third kappa shape index (κ3) is 41.2. The molecule has 35 N–H and O–H groups in total. The van der Waals surface area contributed by atoms with Gasteiger partial charge in [0.05, 0.1) is 38.5 Å². The fourth-order valence-electron chi connectivity index (χ4n) is 14.1. The van der Waals surface area contributed by atoms with Crippen LogP contribution in [0.4, 0.5) is 0 Å². The number of carbonyl (C=O) groups is 23. The second kappa shape index (κ2) is 58.8. The Morgan fingerprint density at radius 2 is 0.736 bits per heavy atom. The minimum Gasteiger partial charge on any atom is -0.508 e. The molecule has 0 radical (unpaired) electrons. The lowest BCUT2D eigenvalue weighted by atomic mass is 9.97. The summed E-state index contributed by atoms with van der Waals surface area (Å²) in [6, 6.07) is -7.89. The van der Waals surface area contributed by atoms with Crippen molar-refractivity contribution in [3.8, 4) is 5.75 Å². The zero-order valence-electron chi connectivity index (χ0n) is 77.2. The smallest absolute Gasteiger partial charge is 0.326 e. The number of nitrogens with two attached hydrogens (primary N) is 6. The van der Waals surface area contributed by atoms with E-state index in [2.05, 4.69) is 74.4 Å². The topological polar surface area (TPSA) is 898 Å². The number of nitrogens with one attached hydrogen (secondary N) is 16. The molecule has 1 fully saturated rings. The molecule has 1 heterocycles. The zero-order chi connectivity index (χ0) is 105. The summed E-state index contributed by atoms with van der Waals surface area (Å²) in [5, 5.41) is 113. The average molecular weight is 1970 g/mol. The molecular weight excluding hydrogens is 1850 g/mol. The molecule has 0 aromatic heterocycles. The molecule has 1 aliphatic heterocycles. The number of hydrogen-bond acceptors (Lipinski definition) is 28. The maximum absolute atomic E-state index is 15.2. The number of aliphatic hydroxyl groups is 2. The van der Waals surface area contributed by atoms with E-state index in [0.29, 0.717) is 11.1 Å². The first-order chi connectivity index (χ1) is 65.9. The van der Waals surface area contributed by atoms with Crippen LogP contribution < -0.4 is 114 Å². The number of aliphatic hydroxyl groups excluding tert-OH is 2. The Bertz CT molecular complexity index is 4900. The molecule has 768 valence electrons. The standard InChI is InChI=1S/C87H125N23O30/c1-5-43(4)70(84(137)107-60(41-112)82(135)105-58(86(139)140)38-65(92)117)109-76(129)51(25-29-63(90)115)98-73(126)50(24-28-62(89)114)99-79(132)57(39-68(122)123)103-81(134)59(40-111)106-78(131)55(34-44-14-8-6-9-15-44)104-83(136)61-19-13-33-110(61)85(138)69(42(2)3)108-80(133)56(35-45-16-10-7-11-17-45)102-72(125)49(18-12-32-95-87(93)94)97-74(127)53(27-31-67(120)121)100-77(130)54(36-46-20-22-47(113)23-21-46)101-75(128)52(26-30-66(118)119)96-71(124)48(88)37-64(91)116/h6-11,14-17,20-23,42-43,48-61,69-70,111-113H,5,12-13,18-19,24-41,88H2,1-4H3,(H2,89,114)(H2,90,115)(H2,91,116)(H2,92,117)(H,96,124)(H,97,127)(H,98,126)(H,99,132)(H,100,130)(H,101,128)(H,102,125)(H,103,134)(H,104,136)(H,105,135)(H,106,131)(H,107,137)(H,108,133)(H,109,129)(H,118,119)(H,120,121)(H,122,123)(H,139,140)(H4,93,94,95)/t43-,48-,49-,50-,51-,52-,53-,54-,55-,56-,57-,58-,59-,60-,61-,69-,70-/m0/s1. The highest BCUT2D eigenvalue weighted by atomic mass is 16.4. The maximum Gasteiger partial charge on any atom is 0.326 e. The fourth-order valence-corrected chi connectivity index (χ4v) is 14.1. The minimum absolute atomic E-state index is 0.0732. The van der Waals surface area contributed by atoms with E-state index in [0.717, 1.165) is 4.90 Å². The lowest BCUT2D eigenvalue weighted by molar-refractivity contribution is -0.144. The number of aromatic hydroxyl groups is 1. The number of primary amides is 4. The van der Waals surface area contributed by atoms with Gasteiger partial charge in [0.2, 0.25) is 112 Å². The molecule has 0 saturated carbocycles. The molecule has 0 aliphatic carbocycles. The first-order valence-corrected chi connectivity index (χ1v) is 44.4. The van der Waals surface area contributed by atoms with E-state index in [9.17, 15) is 136 Å². The maximum atomic E-state index is 15.2. The van der Waals surface area contributed by atoms with Crippen LogP contribution in [0.2, 0.25) is 0 Å². The molecule has 0 unspecified atom stereocenters. The van der Waals surface area contributed by atoms with Gasteiger partial charge in [-0.3, -0.25) is 111 Å². The molecule has 0 spiro atoms. The van der Waals surface area contributed by atoms with Gasteiger partial charge in [-0.15, -0.1) is 0 Å². The van der Waals surface area contributed by atoms with Crippen LogP contribution >= 0.6 is 0 Å². The van der Waals surface area contributed by atoms with Gasteiger partial charge >= 0.3 is 23.9 Å². The molecule has 0 bridgehead atoms. The molecule has 1 aliphatic rings. The number of nitrogens with zero attached hydrogens (tertiary/aromatic N) is 1. The number of benzene rings is 3. The summed E-state index contributed by atoms with van der Waals surface area (Å²) >= 11 is 0. The van der Waals surface area contributed by atoms with Crippen LogP contribution in [0.1, 0.15) is 147 Å². The summed E-state index contributed by atoms with van der Waals surface area (Å²) in [5.74, 6) is -31.1. The van der Waals surface area contributed by atoms with E-state index in [1.165, 1.54) is 45.0 Å². The molecule has 53 heteroatoms. The number of carboxylic acid groups (broad SMARTS) is 4. The average Bonchev–Trinajstić information content (AvgIpc) is 1.63. The van der Waals surface area contributed by atoms with E-state index in [1.807, 2.05) is 5.32 Å². The zero-order valence-corrected chi connectivity index (χ0v) is 77.2. The predicted octanol–water partition coefficient (Wildman–Crippen LogP) is -9.95. The Kier molecular flexibility index (Phi) is 49.0. The van der Waals surface area contributed by atoms with Crippen LogP contribution in [-0.4, -0.2) is 306 Å². The molecule has 4 rings (SSSR count). The van der Waals surface area contributed by atoms with Crippen molar-refractivity contribution in [1.82, 2.24) is 84.7 Å². The van der Waals surface area contributed by atoms with Crippen LogP contribution in [0.25, 0.3) is 0 Å². The van der Waals surface area contributed by atoms with Crippen molar-refractivity contribution in [1.29, 1.82) is 5.41 Å². The first-order valence-electron chi connectivity index (χ1n) is 44.4. The highest BCUT2D eigenvalue weighted by molar-refractivity contribution is 6.03. The number of phenolic OH excluding ortho intramolecular Hbond substituents is 1. The third-order valence-electron chi connectivity index (χ3n) is 21.9. The first kappa shape index (κ1) is 117. The summed E-state index contributed by atoms with van der Waals surface area (Å²) in [5.41, 5.74) is 33.5. The Hall–Kier alpha value is -15.6. The second-order valence-electron chi connectivity index (χ2n) is 33.4. The molecule has 3 aromatic rings. The second-order valence-corrected chi connectivity index (χ2v) is 33.4. The van der Waals surface area contributed by atoms with Crippen LogP contribution in [0.15, 0.2) is 84.9 Å². The monoisotopic (exact) mass is 1970 g/mol. The number of phenols is 1. The molecule has 53 nitrogen and oxygen atoms in total. The lowest BCUT2D eigenvalue weighted by Gasteiger charge is -2.32. The Labute approximate surface area is 801 Å². The SMILES string of the molecule is CC[C@H](C)[C@H](NC(=O)[C@H](CCC(N)=O)NC(=O)[C@H](CCC(N)=O)NC(=O)[C@H](CC(=O)O)NC(=O)[C@H](CO)NC(=O)[C@H](Cc1ccccc1)NC(=O)[C@@H]1CCCN1C(=O)[C@@H](NC(=O)[C@H](Cc1ccccc1)NC(=O)[C@H](CCCNC(=N)N)NC(=O)[C@H](CCC(=O)O)NC(=O)[C@H](Cc1ccc(O)cc1)NC(=O)[C@H](CCC(=O)O)NC(=O)[C@@H](N)CC(N)=O)C(C)C)C(=O)N[C@@H](CO)C(=O)N[C@@H](CC(N)=O)C(=O)O. The number of carboxylic acids is 4. The van der Waals surface area contributed by atoms with Crippen molar-refractivity contribution < 1.29 is 146 Å². The van der Waals surface area contributed by atoms with Crippen LogP contribution in [0, 0.1) is 17.2 Å². The van der Waals surface area contributed by atoms with Crippen molar-refractivity contribution in [2.45, 2.75) is 246 Å². The molecule has 140 heavy (non-hydrogen) atoms. The van der Waals surface area contributed by atoms with Gasteiger partial charge in [-0.05, 0) is 92.0 Å². The summed E-state index contributed by atoms with van der Waals surface area (Å²) in [7, 11) is 0. The van der Waals surface area contributed by atoms with Crippen LogP contribution in [-0.2, 0) is 130 Å². The number of carbonyl (C=O) groups excluding carboxylic acids is 19. The number of rotatable bonds is 63. The van der Waals surface area contributed by atoms with Crippen LogP contribution in [0.3, 0.4) is 0 Å². The Balaban J connectivity index is 1.66. The molecule has 1 saturated heterocycles. The molecule has 19 amide bonds. The van der Waals surface area contributed by atoms with Crippen molar-refractivity contribution >= 4 is 142 Å². The number of amides is 19. The fraction of sp³-hybridized carbons (Fsp3) is 0.517.